The Balaban J connectivity index is 1.59. The molecule has 1 aliphatic heterocycles. The van der Waals surface area contributed by atoms with Gasteiger partial charge in [0.15, 0.2) is 6.61 Å². The molecular weight excluding hydrogens is 370 g/mol. The van der Waals surface area contributed by atoms with Gasteiger partial charge in [-0.25, -0.2) is 4.98 Å². The van der Waals surface area contributed by atoms with Crippen molar-refractivity contribution in [2.75, 3.05) is 30.4 Å². The van der Waals surface area contributed by atoms with E-state index in [1.165, 1.54) is 0 Å². The van der Waals surface area contributed by atoms with E-state index in [9.17, 15) is 4.79 Å². The number of aromatic nitrogens is 2. The van der Waals surface area contributed by atoms with Gasteiger partial charge in [-0.1, -0.05) is 12.1 Å². The maximum absolute atomic E-state index is 12.0. The minimum absolute atomic E-state index is 0.0533. The highest BCUT2D eigenvalue weighted by Gasteiger charge is 2.06. The van der Waals surface area contributed by atoms with Crippen LogP contribution in [0, 0.1) is 0 Å². The van der Waals surface area contributed by atoms with Crippen molar-refractivity contribution >= 4 is 29.0 Å². The number of nitrogens with zero attached hydrogens (tertiary/aromatic N) is 2. The van der Waals surface area contributed by atoms with Crippen molar-refractivity contribution < 1.29 is 14.3 Å². The molecule has 8 heteroatoms. The summed E-state index contributed by atoms with van der Waals surface area (Å²) in [7, 11) is 0. The van der Waals surface area contributed by atoms with Crippen LogP contribution in [0.1, 0.15) is 6.42 Å². The number of carbonyl (C=O) groups excluding carboxylic acids is 1. The van der Waals surface area contributed by atoms with E-state index in [0.717, 1.165) is 17.1 Å². The number of benzene rings is 2. The topological polar surface area (TPSA) is 97.4 Å². The first-order valence-electron chi connectivity index (χ1n) is 9.34. The zero-order chi connectivity index (χ0) is 19.9. The van der Waals surface area contributed by atoms with E-state index in [0.29, 0.717) is 37.1 Å². The Labute approximate surface area is 168 Å². The third-order valence-electron chi connectivity index (χ3n) is 4.13. The molecule has 1 amide bonds. The van der Waals surface area contributed by atoms with Gasteiger partial charge in [0.25, 0.3) is 5.91 Å². The average molecular weight is 391 g/mol. The zero-order valence-corrected chi connectivity index (χ0v) is 15.7. The van der Waals surface area contributed by atoms with Crippen LogP contribution in [-0.2, 0) is 4.79 Å². The van der Waals surface area contributed by atoms with E-state index >= 15 is 0 Å². The highest BCUT2D eigenvalue weighted by molar-refractivity contribution is 5.77. The number of ether oxygens (including phenoxy) is 2. The van der Waals surface area contributed by atoms with Crippen molar-refractivity contribution in [1.82, 2.24) is 15.3 Å². The molecule has 3 aromatic rings. The number of hydrogen-bond donors (Lipinski definition) is 3. The zero-order valence-electron chi connectivity index (χ0n) is 15.7. The molecule has 29 heavy (non-hydrogen) atoms. The van der Waals surface area contributed by atoms with Crippen LogP contribution in [-0.4, -0.2) is 35.6 Å². The molecule has 0 spiro atoms. The summed E-state index contributed by atoms with van der Waals surface area (Å²) in [6.07, 6.45) is 2.36. The van der Waals surface area contributed by atoms with E-state index in [4.69, 9.17) is 9.47 Å². The second-order valence-electron chi connectivity index (χ2n) is 6.41. The lowest BCUT2D eigenvalue weighted by molar-refractivity contribution is -0.123. The normalized spacial score (nSPS) is 14.4. The van der Waals surface area contributed by atoms with Gasteiger partial charge in [-0.15, -0.1) is 0 Å². The van der Waals surface area contributed by atoms with Crippen LogP contribution in [0.15, 0.2) is 60.8 Å². The van der Waals surface area contributed by atoms with E-state index in [2.05, 4.69) is 25.9 Å². The smallest absolute Gasteiger partial charge is 0.257 e. The predicted octanol–water partition coefficient (Wildman–Crippen LogP) is 3.24. The summed E-state index contributed by atoms with van der Waals surface area (Å²) in [5.41, 5.74) is 1.61. The Kier molecular flexibility index (Phi) is 5.70. The molecule has 0 saturated carbocycles. The molecule has 2 heterocycles. The summed E-state index contributed by atoms with van der Waals surface area (Å²) < 4.78 is 11.3. The van der Waals surface area contributed by atoms with Crippen molar-refractivity contribution in [3.8, 4) is 11.5 Å². The van der Waals surface area contributed by atoms with Gasteiger partial charge < -0.3 is 25.4 Å². The van der Waals surface area contributed by atoms with Gasteiger partial charge in [0.05, 0.1) is 6.61 Å². The Morgan fingerprint density at radius 2 is 1.66 bits per heavy atom. The molecule has 6 bridgehead atoms. The van der Waals surface area contributed by atoms with Crippen LogP contribution in [0.2, 0.25) is 0 Å². The maximum Gasteiger partial charge on any atom is 0.257 e. The summed E-state index contributed by atoms with van der Waals surface area (Å²) in [4.78, 5) is 20.7. The monoisotopic (exact) mass is 391 g/mol. The number of amides is 1. The standard InChI is InChI=1S/C21H21N5O3/c27-20-14-29-18-7-2-5-16(13-18)25-21-23-10-8-19(26-21)24-15-4-1-6-17(12-15)28-11-3-9-22-20/h1-2,4-8,10,12-13H,3,9,11,14H2,(H,22,27)(H2,23,24,25,26). The van der Waals surface area contributed by atoms with Crippen LogP contribution in [0.3, 0.4) is 0 Å². The molecule has 0 aliphatic carbocycles. The minimum atomic E-state index is -0.177. The summed E-state index contributed by atoms with van der Waals surface area (Å²) >= 11 is 0. The van der Waals surface area contributed by atoms with E-state index in [1.54, 1.807) is 24.4 Å². The SMILES string of the molecule is O=C1COc2cccc(c2)Nc2nccc(n2)Nc2cccc(c2)OCCCN1. The van der Waals surface area contributed by atoms with Crippen molar-refractivity contribution in [3.63, 3.8) is 0 Å². The summed E-state index contributed by atoms with van der Waals surface area (Å²) in [6, 6.07) is 16.7. The molecule has 0 saturated heterocycles. The Morgan fingerprint density at radius 3 is 2.48 bits per heavy atom. The van der Waals surface area contributed by atoms with E-state index < -0.39 is 0 Å². The quantitative estimate of drug-likeness (QED) is 0.541. The number of carbonyl (C=O) groups is 1. The minimum Gasteiger partial charge on any atom is -0.493 e. The largest absolute Gasteiger partial charge is 0.493 e. The molecule has 0 unspecified atom stereocenters. The average Bonchev–Trinajstić information content (AvgIpc) is 2.72. The van der Waals surface area contributed by atoms with Gasteiger partial charge in [0.1, 0.15) is 17.3 Å². The fraction of sp³-hybridized carbons (Fsp3) is 0.190. The van der Waals surface area contributed by atoms with Gasteiger partial charge in [-0.3, -0.25) is 4.79 Å². The van der Waals surface area contributed by atoms with Crippen LogP contribution < -0.4 is 25.4 Å². The van der Waals surface area contributed by atoms with Crippen LogP contribution in [0.25, 0.3) is 0 Å². The third-order valence-corrected chi connectivity index (χ3v) is 4.13. The maximum atomic E-state index is 12.0. The lowest BCUT2D eigenvalue weighted by Gasteiger charge is -2.10. The third kappa shape index (κ3) is 5.35. The molecule has 0 atom stereocenters. The number of anilines is 4. The molecule has 1 aromatic heterocycles. The Morgan fingerprint density at radius 1 is 0.897 bits per heavy atom. The van der Waals surface area contributed by atoms with Crippen molar-refractivity contribution in [2.24, 2.45) is 0 Å². The first-order chi connectivity index (χ1) is 14.2. The number of nitrogens with one attached hydrogen (secondary N) is 3. The van der Waals surface area contributed by atoms with Gasteiger partial charge in [-0.05, 0) is 36.8 Å². The first-order valence-corrected chi connectivity index (χ1v) is 9.34. The highest BCUT2D eigenvalue weighted by atomic mass is 16.5. The lowest BCUT2D eigenvalue weighted by Crippen LogP contribution is -2.30. The second-order valence-corrected chi connectivity index (χ2v) is 6.41. The Hall–Kier alpha value is -3.81. The fourth-order valence-corrected chi connectivity index (χ4v) is 2.78. The van der Waals surface area contributed by atoms with Gasteiger partial charge in [-0.2, -0.15) is 4.98 Å². The molecule has 8 nitrogen and oxygen atoms in total. The van der Waals surface area contributed by atoms with Crippen molar-refractivity contribution in [3.05, 3.63) is 60.8 Å². The summed E-state index contributed by atoms with van der Waals surface area (Å²) in [5.74, 6) is 2.24. The van der Waals surface area contributed by atoms with E-state index in [1.807, 2.05) is 36.4 Å². The van der Waals surface area contributed by atoms with Gasteiger partial charge >= 0.3 is 0 Å². The van der Waals surface area contributed by atoms with Crippen molar-refractivity contribution in [1.29, 1.82) is 0 Å². The molecule has 0 fully saturated rings. The molecule has 2 aromatic carbocycles. The molecular formula is C21H21N5O3. The number of rotatable bonds is 0. The van der Waals surface area contributed by atoms with Crippen LogP contribution >= 0.6 is 0 Å². The second kappa shape index (κ2) is 8.92. The van der Waals surface area contributed by atoms with Crippen molar-refractivity contribution in [2.45, 2.75) is 6.42 Å². The molecule has 4 rings (SSSR count). The van der Waals surface area contributed by atoms with Gasteiger partial charge in [0.2, 0.25) is 5.95 Å². The van der Waals surface area contributed by atoms with Crippen LogP contribution in [0.5, 0.6) is 11.5 Å². The predicted molar refractivity (Wildman–Crippen MR) is 110 cm³/mol. The van der Waals surface area contributed by atoms with Crippen LogP contribution in [0.4, 0.5) is 23.1 Å². The molecule has 1 aliphatic rings. The van der Waals surface area contributed by atoms with Gasteiger partial charge in [0, 0.05) is 36.2 Å². The molecule has 0 radical (unpaired) electrons. The Bertz CT molecular complexity index is 995. The lowest BCUT2D eigenvalue weighted by atomic mass is 10.3. The first kappa shape index (κ1) is 18.5. The summed E-state index contributed by atoms with van der Waals surface area (Å²) in [5, 5.41) is 9.23. The molecule has 3 N–H and O–H groups in total. The highest BCUT2D eigenvalue weighted by Crippen LogP contribution is 2.23. The molecule has 148 valence electrons. The fourth-order valence-electron chi connectivity index (χ4n) is 2.78. The van der Waals surface area contributed by atoms with E-state index in [-0.39, 0.29) is 12.5 Å². The summed E-state index contributed by atoms with van der Waals surface area (Å²) in [6.45, 7) is 0.958. The number of fused-ring (bicyclic) bond motifs is 6. The number of hydrogen-bond acceptors (Lipinski definition) is 7.